The van der Waals surface area contributed by atoms with Crippen molar-refractivity contribution >= 4 is 22.4 Å². The molecular weight excluding hydrogens is 246 g/mol. The summed E-state index contributed by atoms with van der Waals surface area (Å²) in [6.45, 7) is 5.10. The van der Waals surface area contributed by atoms with Crippen LogP contribution in [0.2, 0.25) is 0 Å². The molecule has 1 heterocycles. The van der Waals surface area contributed by atoms with E-state index in [1.54, 1.807) is 0 Å². The fourth-order valence-electron chi connectivity index (χ4n) is 1.73. The van der Waals surface area contributed by atoms with Gasteiger partial charge in [-0.1, -0.05) is 13.8 Å². The summed E-state index contributed by atoms with van der Waals surface area (Å²) in [6, 6.07) is 0.480. The number of hydrogen-bond acceptors (Lipinski definition) is 4. The molecule has 0 radical (unpaired) electrons. The summed E-state index contributed by atoms with van der Waals surface area (Å²) < 4.78 is 0. The quantitative estimate of drug-likeness (QED) is 0.747. The van der Waals surface area contributed by atoms with E-state index in [-0.39, 0.29) is 5.91 Å². The summed E-state index contributed by atoms with van der Waals surface area (Å²) in [7, 11) is 0. The Morgan fingerprint density at radius 2 is 2.33 bits per heavy atom. The van der Waals surface area contributed by atoms with Crippen molar-refractivity contribution < 1.29 is 4.79 Å². The number of carbonyl (C=O) groups is 1. The molecule has 2 N–H and O–H groups in total. The minimum absolute atomic E-state index is 0.0669. The van der Waals surface area contributed by atoms with Crippen LogP contribution in [0.15, 0.2) is 5.38 Å². The lowest BCUT2D eigenvalue weighted by atomic mass is 10.3. The molecule has 1 aliphatic carbocycles. The largest absolute Gasteiger partial charge is 0.315 e. The van der Waals surface area contributed by atoms with Crippen LogP contribution in [-0.2, 0) is 4.79 Å². The van der Waals surface area contributed by atoms with Crippen LogP contribution < -0.4 is 10.6 Å². The molecule has 1 saturated carbocycles. The maximum absolute atomic E-state index is 11.7. The van der Waals surface area contributed by atoms with Crippen LogP contribution in [0.3, 0.4) is 0 Å². The van der Waals surface area contributed by atoms with Crippen LogP contribution in [0.5, 0.6) is 0 Å². The Bertz CT molecular complexity index is 399. The summed E-state index contributed by atoms with van der Waals surface area (Å²) in [6.07, 6.45) is 3.92. The number of hydrogen-bond donors (Lipinski definition) is 2. The molecule has 1 amide bonds. The van der Waals surface area contributed by atoms with E-state index in [0.717, 1.165) is 23.8 Å². The van der Waals surface area contributed by atoms with E-state index >= 15 is 0 Å². The zero-order chi connectivity index (χ0) is 13.0. The van der Waals surface area contributed by atoms with Crippen molar-refractivity contribution in [3.63, 3.8) is 0 Å². The maximum Gasteiger partial charge on any atom is 0.226 e. The van der Waals surface area contributed by atoms with Crippen LogP contribution in [0, 0.1) is 0 Å². The fraction of sp³-hybridized carbons (Fsp3) is 0.692. The highest BCUT2D eigenvalue weighted by atomic mass is 32.1. The number of nitrogens with zero attached hydrogens (tertiary/aromatic N) is 1. The minimum atomic E-state index is 0.0669. The highest BCUT2D eigenvalue weighted by Crippen LogP contribution is 2.40. The molecule has 0 aromatic carbocycles. The number of carbonyl (C=O) groups excluding carboxylic acids is 1. The van der Waals surface area contributed by atoms with Gasteiger partial charge in [-0.05, 0) is 25.8 Å². The lowest BCUT2D eigenvalue weighted by Crippen LogP contribution is -2.24. The van der Waals surface area contributed by atoms with E-state index in [1.807, 2.05) is 0 Å². The Hall–Kier alpha value is -0.940. The van der Waals surface area contributed by atoms with Gasteiger partial charge in [0.05, 0.1) is 5.69 Å². The summed E-state index contributed by atoms with van der Waals surface area (Å²) >= 11 is 1.53. The molecule has 2 rings (SSSR count). The molecule has 1 aromatic rings. The lowest BCUT2D eigenvalue weighted by molar-refractivity contribution is -0.116. The first kappa shape index (κ1) is 13.5. The SMILES string of the molecule is CC(C)NCCCC(=O)Nc1nc(C2CC2)cs1. The van der Waals surface area contributed by atoms with Crippen molar-refractivity contribution in [1.29, 1.82) is 0 Å². The van der Waals surface area contributed by atoms with E-state index in [4.69, 9.17) is 0 Å². The van der Waals surface area contributed by atoms with Crippen molar-refractivity contribution in [1.82, 2.24) is 10.3 Å². The number of nitrogens with one attached hydrogen (secondary N) is 2. The molecule has 1 aliphatic rings. The standard InChI is InChI=1S/C13H21N3OS/c1-9(2)14-7-3-4-12(17)16-13-15-11(8-18-13)10-5-6-10/h8-10,14H,3-7H2,1-2H3,(H,15,16,17). The molecule has 0 bridgehead atoms. The van der Waals surface area contributed by atoms with Crippen molar-refractivity contribution in [3.8, 4) is 0 Å². The normalized spacial score (nSPS) is 15.1. The molecule has 0 unspecified atom stereocenters. The number of rotatable bonds is 7. The number of aromatic nitrogens is 1. The van der Waals surface area contributed by atoms with Gasteiger partial charge in [0.15, 0.2) is 5.13 Å². The molecule has 5 heteroatoms. The van der Waals surface area contributed by atoms with Crippen molar-refractivity contribution in [2.75, 3.05) is 11.9 Å². The maximum atomic E-state index is 11.7. The van der Waals surface area contributed by atoms with Crippen LogP contribution >= 0.6 is 11.3 Å². The summed E-state index contributed by atoms with van der Waals surface area (Å²) in [5.74, 6) is 0.722. The fourth-order valence-corrected chi connectivity index (χ4v) is 2.54. The van der Waals surface area contributed by atoms with Gasteiger partial charge in [-0.3, -0.25) is 4.79 Å². The van der Waals surface area contributed by atoms with Crippen LogP contribution in [0.25, 0.3) is 0 Å². The summed E-state index contributed by atoms with van der Waals surface area (Å²) in [5, 5.41) is 8.98. The van der Waals surface area contributed by atoms with Crippen molar-refractivity contribution in [3.05, 3.63) is 11.1 Å². The van der Waals surface area contributed by atoms with Gasteiger partial charge < -0.3 is 10.6 Å². The van der Waals surface area contributed by atoms with Crippen LogP contribution in [0.1, 0.15) is 51.1 Å². The summed E-state index contributed by atoms with van der Waals surface area (Å²) in [4.78, 5) is 16.1. The highest BCUT2D eigenvalue weighted by molar-refractivity contribution is 7.13. The molecule has 0 aliphatic heterocycles. The monoisotopic (exact) mass is 267 g/mol. The number of anilines is 1. The van der Waals surface area contributed by atoms with Crippen molar-refractivity contribution in [2.24, 2.45) is 0 Å². The van der Waals surface area contributed by atoms with Gasteiger partial charge >= 0.3 is 0 Å². The highest BCUT2D eigenvalue weighted by Gasteiger charge is 2.26. The third-order valence-electron chi connectivity index (χ3n) is 2.90. The average Bonchev–Trinajstić information content (AvgIpc) is 3.06. The topological polar surface area (TPSA) is 54.0 Å². The Morgan fingerprint density at radius 1 is 1.56 bits per heavy atom. The zero-order valence-corrected chi connectivity index (χ0v) is 11.8. The average molecular weight is 267 g/mol. The second kappa shape index (κ2) is 6.29. The Kier molecular flexibility index (Phi) is 4.72. The molecule has 1 fully saturated rings. The first-order valence-corrected chi connectivity index (χ1v) is 7.52. The lowest BCUT2D eigenvalue weighted by Gasteiger charge is -2.07. The Morgan fingerprint density at radius 3 is 3.00 bits per heavy atom. The second-order valence-corrected chi connectivity index (χ2v) is 5.97. The molecule has 100 valence electrons. The van der Waals surface area contributed by atoms with E-state index in [1.165, 1.54) is 24.2 Å². The van der Waals surface area contributed by atoms with E-state index in [2.05, 4.69) is 34.8 Å². The number of thiazole rings is 1. The van der Waals surface area contributed by atoms with Gasteiger partial charge in [0.1, 0.15) is 0 Å². The van der Waals surface area contributed by atoms with Gasteiger partial charge in [0.2, 0.25) is 5.91 Å². The van der Waals surface area contributed by atoms with Gasteiger partial charge in [0.25, 0.3) is 0 Å². The molecule has 0 saturated heterocycles. The molecule has 1 aromatic heterocycles. The van der Waals surface area contributed by atoms with Gasteiger partial charge in [-0.25, -0.2) is 4.98 Å². The van der Waals surface area contributed by atoms with Gasteiger partial charge in [-0.2, -0.15) is 0 Å². The second-order valence-electron chi connectivity index (χ2n) is 5.11. The first-order chi connectivity index (χ1) is 8.65. The zero-order valence-electron chi connectivity index (χ0n) is 11.0. The number of amides is 1. The summed E-state index contributed by atoms with van der Waals surface area (Å²) in [5.41, 5.74) is 1.15. The Labute approximate surface area is 112 Å². The molecule has 0 spiro atoms. The van der Waals surface area contributed by atoms with Crippen LogP contribution in [-0.4, -0.2) is 23.5 Å². The molecule has 4 nitrogen and oxygen atoms in total. The van der Waals surface area contributed by atoms with E-state index < -0.39 is 0 Å². The smallest absolute Gasteiger partial charge is 0.226 e. The molecule has 0 atom stereocenters. The van der Waals surface area contributed by atoms with E-state index in [0.29, 0.717) is 18.4 Å². The minimum Gasteiger partial charge on any atom is -0.315 e. The van der Waals surface area contributed by atoms with Crippen LogP contribution in [0.4, 0.5) is 5.13 Å². The predicted molar refractivity (Wildman–Crippen MR) is 75.1 cm³/mol. The molecular formula is C13H21N3OS. The Balaban J connectivity index is 1.66. The van der Waals surface area contributed by atoms with Gasteiger partial charge in [0, 0.05) is 23.8 Å². The van der Waals surface area contributed by atoms with Crippen molar-refractivity contribution in [2.45, 2.75) is 51.5 Å². The molecule has 18 heavy (non-hydrogen) atoms. The third-order valence-corrected chi connectivity index (χ3v) is 3.67. The van der Waals surface area contributed by atoms with Gasteiger partial charge in [-0.15, -0.1) is 11.3 Å². The third kappa shape index (κ3) is 4.38. The first-order valence-electron chi connectivity index (χ1n) is 6.64. The predicted octanol–water partition coefficient (Wildman–Crippen LogP) is 2.74. The van der Waals surface area contributed by atoms with E-state index in [9.17, 15) is 4.79 Å².